The molecule has 4 saturated heterocycles. The van der Waals surface area contributed by atoms with Crippen LogP contribution in [0.3, 0.4) is 0 Å². The van der Waals surface area contributed by atoms with E-state index in [4.69, 9.17) is 9.47 Å². The van der Waals surface area contributed by atoms with Crippen LogP contribution >= 0.6 is 0 Å². The van der Waals surface area contributed by atoms with Crippen LogP contribution in [0.2, 0.25) is 0 Å². The van der Waals surface area contributed by atoms with Gasteiger partial charge in [-0.25, -0.2) is 9.59 Å². The van der Waals surface area contributed by atoms with Crippen molar-refractivity contribution >= 4 is 18.5 Å². The lowest BCUT2D eigenvalue weighted by molar-refractivity contribution is -0.0601. The third-order valence-electron chi connectivity index (χ3n) is 12.3. The number of carbonyl (C=O) groups is 3. The fraction of sp³-hybridized carbons (Fsp3) is 0.481. The number of nitrogens with zero attached hydrogens (tertiary/aromatic N) is 3. The van der Waals surface area contributed by atoms with Crippen LogP contribution in [0.25, 0.3) is 22.3 Å². The molecule has 0 radical (unpaired) electrons. The first-order valence-corrected chi connectivity index (χ1v) is 22.1. The Morgan fingerprint density at radius 3 is 1.48 bits per heavy atom. The van der Waals surface area contributed by atoms with E-state index in [2.05, 4.69) is 77.8 Å². The van der Waals surface area contributed by atoms with Crippen LogP contribution < -0.4 is 5.32 Å². The van der Waals surface area contributed by atoms with Gasteiger partial charge in [-0.15, -0.1) is 0 Å². The second-order valence-corrected chi connectivity index (χ2v) is 19.8. The van der Waals surface area contributed by atoms with Gasteiger partial charge in [0.25, 0.3) is 0 Å². The average molecular weight is 829 g/mol. The number of aldehydes is 1. The maximum atomic E-state index is 12.2. The van der Waals surface area contributed by atoms with Gasteiger partial charge < -0.3 is 24.6 Å². The molecule has 4 aromatic carbocycles. The molecule has 8 rings (SSSR count). The number of benzene rings is 4. The highest BCUT2D eigenvalue weighted by atomic mass is 16.6. The van der Waals surface area contributed by atoms with Crippen molar-refractivity contribution in [3.05, 3.63) is 119 Å². The van der Waals surface area contributed by atoms with Gasteiger partial charge in [-0.2, -0.15) is 0 Å². The molecule has 326 valence electrons. The van der Waals surface area contributed by atoms with E-state index in [1.807, 2.05) is 94.7 Å². The molecule has 2 amide bonds. The predicted molar refractivity (Wildman–Crippen MR) is 246 cm³/mol. The summed E-state index contributed by atoms with van der Waals surface area (Å²) >= 11 is 0. The summed E-state index contributed by atoms with van der Waals surface area (Å²) in [6.45, 7) is 24.5. The van der Waals surface area contributed by atoms with Crippen molar-refractivity contribution in [2.75, 3.05) is 52.4 Å². The van der Waals surface area contributed by atoms with Gasteiger partial charge in [0.2, 0.25) is 0 Å². The lowest BCUT2D eigenvalue weighted by Gasteiger charge is -2.53. The molecule has 9 nitrogen and oxygen atoms in total. The van der Waals surface area contributed by atoms with Crippen LogP contribution in [-0.2, 0) is 16.0 Å². The zero-order chi connectivity index (χ0) is 43.8. The van der Waals surface area contributed by atoms with Gasteiger partial charge in [-0.05, 0) is 146 Å². The van der Waals surface area contributed by atoms with Crippen LogP contribution in [0, 0.1) is 24.7 Å². The summed E-state index contributed by atoms with van der Waals surface area (Å²) in [6, 6.07) is 33.4. The summed E-state index contributed by atoms with van der Waals surface area (Å²) in [4.78, 5) is 40.9. The Balaban J connectivity index is 0.000000169. The highest BCUT2D eigenvalue weighted by Gasteiger charge is 2.48. The molecule has 0 unspecified atom stereocenters. The van der Waals surface area contributed by atoms with E-state index in [1.165, 1.54) is 40.7 Å². The fourth-order valence-corrected chi connectivity index (χ4v) is 8.76. The summed E-state index contributed by atoms with van der Waals surface area (Å²) in [5, 5.41) is 3.36. The smallest absolute Gasteiger partial charge is 0.410 e. The number of piperidine rings is 2. The molecule has 0 bridgehead atoms. The highest BCUT2D eigenvalue weighted by Crippen LogP contribution is 2.42. The van der Waals surface area contributed by atoms with Gasteiger partial charge in [0, 0.05) is 49.1 Å². The quantitative estimate of drug-likeness (QED) is 0.200. The van der Waals surface area contributed by atoms with E-state index in [0.717, 1.165) is 94.7 Å². The normalized spacial score (nSPS) is 18.0. The molecule has 4 fully saturated rings. The molecule has 0 saturated carbocycles. The maximum Gasteiger partial charge on any atom is 0.410 e. The third-order valence-corrected chi connectivity index (χ3v) is 12.3. The molecule has 61 heavy (non-hydrogen) atoms. The first-order valence-electron chi connectivity index (χ1n) is 22.1. The van der Waals surface area contributed by atoms with E-state index in [1.54, 1.807) is 0 Å². The van der Waals surface area contributed by atoms with E-state index in [0.29, 0.717) is 10.8 Å². The van der Waals surface area contributed by atoms with Gasteiger partial charge in [0.1, 0.15) is 17.5 Å². The van der Waals surface area contributed by atoms with E-state index < -0.39 is 5.60 Å². The number of hydrogen-bond acceptors (Lipinski definition) is 7. The van der Waals surface area contributed by atoms with E-state index >= 15 is 0 Å². The average Bonchev–Trinajstić information content (AvgIpc) is 3.20. The molecular formula is C52H68N4O5. The zero-order valence-corrected chi connectivity index (χ0v) is 37.9. The van der Waals surface area contributed by atoms with E-state index in [-0.39, 0.29) is 17.8 Å². The van der Waals surface area contributed by atoms with Crippen molar-refractivity contribution in [2.45, 2.75) is 98.8 Å². The van der Waals surface area contributed by atoms with Gasteiger partial charge in [0.05, 0.1) is 0 Å². The van der Waals surface area contributed by atoms with Crippen LogP contribution in [-0.4, -0.2) is 96.7 Å². The van der Waals surface area contributed by atoms with Crippen molar-refractivity contribution in [2.24, 2.45) is 10.8 Å². The maximum absolute atomic E-state index is 12.2. The number of hydrogen-bond donors (Lipinski definition) is 1. The second-order valence-electron chi connectivity index (χ2n) is 19.8. The number of aryl methyl sites for hydroxylation is 2. The molecule has 4 aliphatic rings. The molecule has 4 aliphatic heterocycles. The van der Waals surface area contributed by atoms with Crippen molar-refractivity contribution in [3.63, 3.8) is 0 Å². The summed E-state index contributed by atoms with van der Waals surface area (Å²) in [5.41, 5.74) is 9.33. The standard InChI is InChI=1S/C26H34N2O2.C14H12O.C12H22N2O2/c1-20-16-22(21-8-6-5-7-9-21)10-11-23(20)17-27-14-12-26(13-15-27)18-28(19-26)24(29)30-25(2,3)4;1-11-9-13(7-8-14(11)10-15)12-5-3-2-4-6-12;1-11(2,3)16-10(15)14-8-12(9-14)4-6-13-7-5-12/h5-11,16H,12-15,17-19H2,1-4H3;2-10H,1H3;13H,4-9H2,1-3H3. The molecule has 0 atom stereocenters. The minimum atomic E-state index is -0.420. The topological polar surface area (TPSA) is 91.4 Å². The van der Waals surface area contributed by atoms with Crippen LogP contribution in [0.1, 0.15) is 94.3 Å². The van der Waals surface area contributed by atoms with Crippen LogP contribution in [0.4, 0.5) is 9.59 Å². The van der Waals surface area contributed by atoms with Crippen molar-refractivity contribution in [1.29, 1.82) is 0 Å². The first kappa shape index (κ1) is 45.5. The number of amides is 2. The Morgan fingerprint density at radius 1 is 0.607 bits per heavy atom. The molecule has 4 aromatic rings. The van der Waals surface area contributed by atoms with Gasteiger partial charge in [0.15, 0.2) is 0 Å². The van der Waals surface area contributed by atoms with Crippen molar-refractivity contribution in [1.82, 2.24) is 20.0 Å². The summed E-state index contributed by atoms with van der Waals surface area (Å²) in [6.07, 6.45) is 5.27. The highest BCUT2D eigenvalue weighted by molar-refractivity contribution is 5.79. The van der Waals surface area contributed by atoms with Gasteiger partial charge >= 0.3 is 12.2 Å². The van der Waals surface area contributed by atoms with Gasteiger partial charge in [-0.1, -0.05) is 97.1 Å². The third kappa shape index (κ3) is 12.5. The number of nitrogens with one attached hydrogen (secondary N) is 1. The lowest BCUT2D eigenvalue weighted by atomic mass is 9.72. The number of carbonyl (C=O) groups excluding carboxylic acids is 3. The van der Waals surface area contributed by atoms with Crippen LogP contribution in [0.15, 0.2) is 97.1 Å². The molecule has 4 heterocycles. The molecule has 0 aromatic heterocycles. The fourth-order valence-electron chi connectivity index (χ4n) is 8.76. The number of ether oxygens (including phenoxy) is 2. The SMILES string of the molecule is CC(C)(C)OC(=O)N1CC2(CCNCC2)C1.Cc1cc(-c2ccccc2)ccc1C=O.Cc1cc(-c2ccccc2)ccc1CN1CCC2(CC1)CN(C(=O)OC(C)(C)C)C2. The Bertz CT molecular complexity index is 2080. The lowest BCUT2D eigenvalue weighted by Crippen LogP contribution is -2.62. The minimum Gasteiger partial charge on any atom is -0.444 e. The number of rotatable bonds is 5. The summed E-state index contributed by atoms with van der Waals surface area (Å²) in [7, 11) is 0. The van der Waals surface area contributed by atoms with E-state index in [9.17, 15) is 14.4 Å². The molecule has 2 spiro atoms. The summed E-state index contributed by atoms with van der Waals surface area (Å²) < 4.78 is 10.9. The largest absolute Gasteiger partial charge is 0.444 e. The minimum absolute atomic E-state index is 0.156. The zero-order valence-electron chi connectivity index (χ0n) is 37.9. The Kier molecular flexibility index (Phi) is 14.5. The van der Waals surface area contributed by atoms with Crippen molar-refractivity contribution in [3.8, 4) is 22.3 Å². The van der Waals surface area contributed by atoms with Gasteiger partial charge in [-0.3, -0.25) is 9.69 Å². The Hall–Kier alpha value is -4.99. The molecule has 1 N–H and O–H groups in total. The second kappa shape index (κ2) is 19.4. The first-order chi connectivity index (χ1) is 28.9. The molecular weight excluding hydrogens is 761 g/mol. The Labute approximate surface area is 364 Å². The predicted octanol–water partition coefficient (Wildman–Crippen LogP) is 10.6. The summed E-state index contributed by atoms with van der Waals surface area (Å²) in [5.74, 6) is 0. The molecule has 0 aliphatic carbocycles. The van der Waals surface area contributed by atoms with Crippen molar-refractivity contribution < 1.29 is 23.9 Å². The Morgan fingerprint density at radius 2 is 1.05 bits per heavy atom. The molecule has 9 heteroatoms. The number of likely N-dealkylation sites (tertiary alicyclic amines) is 3. The monoisotopic (exact) mass is 829 g/mol. The van der Waals surface area contributed by atoms with Crippen LogP contribution in [0.5, 0.6) is 0 Å².